The van der Waals surface area contributed by atoms with Gasteiger partial charge in [0, 0.05) is 30.9 Å². The van der Waals surface area contributed by atoms with Crippen molar-refractivity contribution >= 4 is 11.8 Å². The maximum absolute atomic E-state index is 3.68. The van der Waals surface area contributed by atoms with E-state index in [2.05, 4.69) is 42.7 Å². The standard InChI is InChI=1S/C13H28N2S/c1-4-6-13-11-15(9-10-16-5-2)12(3)7-8-14-13/h12-14H,4-11H2,1-3H3. The molecule has 16 heavy (non-hydrogen) atoms. The van der Waals surface area contributed by atoms with Gasteiger partial charge in [-0.2, -0.15) is 11.8 Å². The molecule has 1 heterocycles. The zero-order valence-corrected chi connectivity index (χ0v) is 12.0. The molecule has 1 saturated heterocycles. The minimum Gasteiger partial charge on any atom is -0.313 e. The second kappa shape index (κ2) is 8.37. The Kier molecular flexibility index (Phi) is 7.50. The molecule has 2 nitrogen and oxygen atoms in total. The molecular weight excluding hydrogens is 216 g/mol. The lowest BCUT2D eigenvalue weighted by atomic mass is 10.1. The topological polar surface area (TPSA) is 15.3 Å². The molecule has 3 heteroatoms. The molecule has 1 N–H and O–H groups in total. The number of hydrogen-bond donors (Lipinski definition) is 1. The van der Waals surface area contributed by atoms with Gasteiger partial charge in [0.25, 0.3) is 0 Å². The summed E-state index contributed by atoms with van der Waals surface area (Å²) in [6.07, 6.45) is 3.92. The molecule has 0 saturated carbocycles. The van der Waals surface area contributed by atoms with Gasteiger partial charge < -0.3 is 5.32 Å². The summed E-state index contributed by atoms with van der Waals surface area (Å²) in [5, 5.41) is 3.68. The molecule has 1 fully saturated rings. The van der Waals surface area contributed by atoms with Crippen LogP contribution in [-0.2, 0) is 0 Å². The van der Waals surface area contributed by atoms with Crippen molar-refractivity contribution in [1.82, 2.24) is 10.2 Å². The Morgan fingerprint density at radius 3 is 2.88 bits per heavy atom. The average molecular weight is 244 g/mol. The molecule has 1 aliphatic rings. The Balaban J connectivity index is 2.36. The average Bonchev–Trinajstić information content (AvgIpc) is 2.43. The zero-order valence-electron chi connectivity index (χ0n) is 11.2. The molecule has 0 radical (unpaired) electrons. The van der Waals surface area contributed by atoms with E-state index in [1.54, 1.807) is 0 Å². The number of hydrogen-bond acceptors (Lipinski definition) is 3. The fourth-order valence-electron chi connectivity index (χ4n) is 2.39. The van der Waals surface area contributed by atoms with Crippen LogP contribution in [0.3, 0.4) is 0 Å². The minimum absolute atomic E-state index is 0.724. The maximum Gasteiger partial charge on any atom is 0.0195 e. The molecule has 0 spiro atoms. The van der Waals surface area contributed by atoms with Gasteiger partial charge in [0.05, 0.1) is 0 Å². The van der Waals surface area contributed by atoms with Crippen molar-refractivity contribution in [2.24, 2.45) is 0 Å². The Morgan fingerprint density at radius 1 is 1.38 bits per heavy atom. The van der Waals surface area contributed by atoms with Crippen molar-refractivity contribution in [3.8, 4) is 0 Å². The minimum atomic E-state index is 0.724. The van der Waals surface area contributed by atoms with Gasteiger partial charge in [0.1, 0.15) is 0 Å². The van der Waals surface area contributed by atoms with E-state index in [1.165, 1.54) is 50.4 Å². The zero-order chi connectivity index (χ0) is 11.8. The van der Waals surface area contributed by atoms with E-state index in [9.17, 15) is 0 Å². The monoisotopic (exact) mass is 244 g/mol. The summed E-state index contributed by atoms with van der Waals surface area (Å²) in [5.74, 6) is 2.54. The molecule has 0 amide bonds. The van der Waals surface area contributed by atoms with Crippen molar-refractivity contribution in [2.45, 2.75) is 52.1 Å². The van der Waals surface area contributed by atoms with E-state index in [0.29, 0.717) is 0 Å². The van der Waals surface area contributed by atoms with Gasteiger partial charge >= 0.3 is 0 Å². The molecular formula is C13H28N2S. The van der Waals surface area contributed by atoms with E-state index >= 15 is 0 Å². The van der Waals surface area contributed by atoms with Crippen molar-refractivity contribution < 1.29 is 0 Å². The summed E-state index contributed by atoms with van der Waals surface area (Å²) in [6, 6.07) is 1.48. The highest BCUT2D eigenvalue weighted by molar-refractivity contribution is 7.99. The van der Waals surface area contributed by atoms with E-state index in [0.717, 1.165) is 12.1 Å². The largest absolute Gasteiger partial charge is 0.313 e. The number of thioether (sulfide) groups is 1. The summed E-state index contributed by atoms with van der Waals surface area (Å²) < 4.78 is 0. The predicted octanol–water partition coefficient (Wildman–Crippen LogP) is 2.59. The third-order valence-corrected chi connectivity index (χ3v) is 4.32. The summed E-state index contributed by atoms with van der Waals surface area (Å²) in [7, 11) is 0. The molecule has 1 aliphatic heterocycles. The number of nitrogens with one attached hydrogen (secondary N) is 1. The van der Waals surface area contributed by atoms with Crippen LogP contribution < -0.4 is 5.32 Å². The predicted molar refractivity (Wildman–Crippen MR) is 75.3 cm³/mol. The summed E-state index contributed by atoms with van der Waals surface area (Å²) in [4.78, 5) is 2.68. The molecule has 0 bridgehead atoms. The Morgan fingerprint density at radius 2 is 2.19 bits per heavy atom. The van der Waals surface area contributed by atoms with Gasteiger partial charge in [0.15, 0.2) is 0 Å². The van der Waals surface area contributed by atoms with Crippen LogP contribution in [0.5, 0.6) is 0 Å². The van der Waals surface area contributed by atoms with E-state index in [1.807, 2.05) is 0 Å². The third kappa shape index (κ3) is 5.07. The Bertz CT molecular complexity index is 175. The first-order valence-electron chi connectivity index (χ1n) is 6.83. The smallest absolute Gasteiger partial charge is 0.0195 e. The highest BCUT2D eigenvalue weighted by Crippen LogP contribution is 2.12. The molecule has 1 rings (SSSR count). The van der Waals surface area contributed by atoms with Crippen molar-refractivity contribution in [3.05, 3.63) is 0 Å². The van der Waals surface area contributed by atoms with Gasteiger partial charge in [-0.15, -0.1) is 0 Å². The van der Waals surface area contributed by atoms with Crippen LogP contribution in [0.15, 0.2) is 0 Å². The second-order valence-electron chi connectivity index (χ2n) is 4.77. The van der Waals surface area contributed by atoms with Crippen molar-refractivity contribution in [2.75, 3.05) is 31.1 Å². The fraction of sp³-hybridized carbons (Fsp3) is 1.00. The first-order valence-corrected chi connectivity index (χ1v) is 7.98. The summed E-state index contributed by atoms with van der Waals surface area (Å²) >= 11 is 2.06. The molecule has 96 valence electrons. The van der Waals surface area contributed by atoms with E-state index in [-0.39, 0.29) is 0 Å². The van der Waals surface area contributed by atoms with Gasteiger partial charge in [-0.1, -0.05) is 20.3 Å². The lowest BCUT2D eigenvalue weighted by Crippen LogP contribution is -2.41. The molecule has 0 aromatic carbocycles. The van der Waals surface area contributed by atoms with E-state index in [4.69, 9.17) is 0 Å². The molecule has 0 aliphatic carbocycles. The molecule has 0 aromatic heterocycles. The first kappa shape index (κ1) is 14.3. The van der Waals surface area contributed by atoms with Crippen molar-refractivity contribution in [1.29, 1.82) is 0 Å². The van der Waals surface area contributed by atoms with Crippen LogP contribution in [0.1, 0.15) is 40.0 Å². The van der Waals surface area contributed by atoms with Crippen LogP contribution in [0, 0.1) is 0 Å². The van der Waals surface area contributed by atoms with Crippen molar-refractivity contribution in [3.63, 3.8) is 0 Å². The van der Waals surface area contributed by atoms with Crippen LogP contribution in [0.25, 0.3) is 0 Å². The summed E-state index contributed by atoms with van der Waals surface area (Å²) in [6.45, 7) is 10.6. The quantitative estimate of drug-likeness (QED) is 0.723. The normalized spacial score (nSPS) is 27.9. The first-order chi connectivity index (χ1) is 7.77. The highest BCUT2D eigenvalue weighted by atomic mass is 32.2. The van der Waals surface area contributed by atoms with Gasteiger partial charge in [0.2, 0.25) is 0 Å². The Labute approximate surface area is 106 Å². The molecule has 2 atom stereocenters. The van der Waals surface area contributed by atoms with E-state index < -0.39 is 0 Å². The van der Waals surface area contributed by atoms with Gasteiger partial charge in [-0.3, -0.25) is 4.90 Å². The third-order valence-electron chi connectivity index (χ3n) is 3.44. The van der Waals surface area contributed by atoms with Crippen LogP contribution in [0.4, 0.5) is 0 Å². The maximum atomic E-state index is 3.68. The van der Waals surface area contributed by atoms with Crippen LogP contribution >= 0.6 is 11.8 Å². The van der Waals surface area contributed by atoms with Gasteiger partial charge in [-0.25, -0.2) is 0 Å². The van der Waals surface area contributed by atoms with Crippen LogP contribution in [-0.4, -0.2) is 48.1 Å². The fourth-order valence-corrected chi connectivity index (χ4v) is 3.04. The summed E-state index contributed by atoms with van der Waals surface area (Å²) in [5.41, 5.74) is 0. The Hall–Kier alpha value is 0.270. The highest BCUT2D eigenvalue weighted by Gasteiger charge is 2.21. The molecule has 2 unspecified atom stereocenters. The van der Waals surface area contributed by atoms with Crippen LogP contribution in [0.2, 0.25) is 0 Å². The lowest BCUT2D eigenvalue weighted by molar-refractivity contribution is 0.214. The lowest BCUT2D eigenvalue weighted by Gasteiger charge is -2.28. The SMILES string of the molecule is CCCC1CN(CCSCC)C(C)CCN1. The number of nitrogens with zero attached hydrogens (tertiary/aromatic N) is 1. The number of rotatable bonds is 6. The molecule has 0 aromatic rings. The second-order valence-corrected chi connectivity index (χ2v) is 6.16. The van der Waals surface area contributed by atoms with Gasteiger partial charge in [-0.05, 0) is 32.1 Å².